The molecule has 0 aliphatic rings. The molecule has 1 amide bonds. The minimum absolute atomic E-state index is 0.263. The van der Waals surface area contributed by atoms with Crippen molar-refractivity contribution in [2.75, 3.05) is 0 Å². The quantitative estimate of drug-likeness (QED) is 0.844. The molecule has 0 saturated heterocycles. The Morgan fingerprint density at radius 2 is 1.67 bits per heavy atom. The highest BCUT2D eigenvalue weighted by atomic mass is 19.4. The summed E-state index contributed by atoms with van der Waals surface area (Å²) in [7, 11) is 0. The predicted molar refractivity (Wildman–Crippen MR) is 81.2 cm³/mol. The zero-order chi connectivity index (χ0) is 18.8. The van der Waals surface area contributed by atoms with Crippen molar-refractivity contribution in [3.8, 4) is 5.75 Å². The lowest BCUT2D eigenvalue weighted by atomic mass is 9.78. The Kier molecular flexibility index (Phi) is 5.76. The third-order valence-corrected chi connectivity index (χ3v) is 3.10. The van der Waals surface area contributed by atoms with Gasteiger partial charge in [0.15, 0.2) is 6.10 Å². The number of alkyl halides is 3. The van der Waals surface area contributed by atoms with Crippen molar-refractivity contribution < 1.29 is 32.5 Å². The maximum absolute atomic E-state index is 12.2. The first-order chi connectivity index (χ1) is 10.7. The third kappa shape index (κ3) is 6.66. The zero-order valence-corrected chi connectivity index (χ0v) is 14.0. The molecule has 0 bridgehead atoms. The van der Waals surface area contributed by atoms with E-state index in [1.54, 1.807) is 0 Å². The van der Waals surface area contributed by atoms with Gasteiger partial charge in [-0.1, -0.05) is 32.9 Å². The van der Waals surface area contributed by atoms with E-state index in [0.717, 1.165) is 12.1 Å². The summed E-state index contributed by atoms with van der Waals surface area (Å²) in [5.41, 5.74) is 3.60. The molecule has 0 heterocycles. The number of carbonyl (C=O) groups is 1. The molecule has 5 nitrogen and oxygen atoms in total. The summed E-state index contributed by atoms with van der Waals surface area (Å²) in [6.45, 7) is 7.15. The largest absolute Gasteiger partial charge is 0.573 e. The summed E-state index contributed by atoms with van der Waals surface area (Å²) in [4.78, 5) is 11.2. The van der Waals surface area contributed by atoms with Crippen LogP contribution in [0, 0.1) is 5.41 Å². The number of amides is 1. The van der Waals surface area contributed by atoms with Crippen molar-refractivity contribution in [3.63, 3.8) is 0 Å². The fourth-order valence-electron chi connectivity index (χ4n) is 2.68. The number of benzene rings is 1. The number of hydrogen-bond donors (Lipinski definition) is 2. The normalized spacial score (nSPS) is 16.2. The number of primary amides is 1. The van der Waals surface area contributed by atoms with Crippen molar-refractivity contribution in [2.24, 2.45) is 11.1 Å². The number of carbonyl (C=O) groups excluding carboxylic acids is 1. The van der Waals surface area contributed by atoms with Crippen LogP contribution in [0.5, 0.6) is 5.75 Å². The number of halogens is 3. The molecule has 2 unspecified atom stereocenters. The van der Waals surface area contributed by atoms with E-state index in [4.69, 9.17) is 10.5 Å². The monoisotopic (exact) mass is 349 g/mol. The van der Waals surface area contributed by atoms with Crippen LogP contribution in [0.2, 0.25) is 0 Å². The van der Waals surface area contributed by atoms with Crippen molar-refractivity contribution in [1.29, 1.82) is 0 Å². The molecular weight excluding hydrogens is 327 g/mol. The van der Waals surface area contributed by atoms with Gasteiger partial charge in [0.2, 0.25) is 0 Å². The molecule has 24 heavy (non-hydrogen) atoms. The molecule has 3 N–H and O–H groups in total. The van der Waals surface area contributed by atoms with E-state index in [-0.39, 0.29) is 11.8 Å². The number of ether oxygens (including phenoxy) is 2. The molecule has 0 aliphatic carbocycles. The van der Waals surface area contributed by atoms with Gasteiger partial charge < -0.3 is 20.3 Å². The Morgan fingerprint density at radius 1 is 1.17 bits per heavy atom. The summed E-state index contributed by atoms with van der Waals surface area (Å²) in [6.07, 6.45) is -6.76. The van der Waals surface area contributed by atoms with E-state index in [0.29, 0.717) is 5.56 Å². The van der Waals surface area contributed by atoms with E-state index >= 15 is 0 Å². The fourth-order valence-corrected chi connectivity index (χ4v) is 2.68. The highest BCUT2D eigenvalue weighted by Gasteiger charge is 2.39. The standard InChI is InChI=1S/C16H22F3NO4/c1-14(2,3)9-15(4,22)12(23-13(20)21)10-5-7-11(8-6-10)24-16(17,18)19/h5-8,12,22H,9H2,1-4H3,(H2,20,21). The van der Waals surface area contributed by atoms with Crippen LogP contribution in [-0.4, -0.2) is 23.2 Å². The third-order valence-electron chi connectivity index (χ3n) is 3.10. The summed E-state index contributed by atoms with van der Waals surface area (Å²) in [5.74, 6) is -0.417. The number of aliphatic hydroxyl groups is 1. The van der Waals surface area contributed by atoms with E-state index in [9.17, 15) is 23.1 Å². The summed E-state index contributed by atoms with van der Waals surface area (Å²) in [5, 5.41) is 10.7. The van der Waals surface area contributed by atoms with Crippen LogP contribution in [0.15, 0.2) is 24.3 Å². The van der Waals surface area contributed by atoms with Gasteiger partial charge in [0, 0.05) is 0 Å². The Bertz CT molecular complexity index is 562. The van der Waals surface area contributed by atoms with Crippen LogP contribution in [0.4, 0.5) is 18.0 Å². The summed E-state index contributed by atoms with van der Waals surface area (Å²) >= 11 is 0. The Labute approximate surface area is 138 Å². The lowest BCUT2D eigenvalue weighted by Crippen LogP contribution is -2.40. The van der Waals surface area contributed by atoms with Gasteiger partial charge in [-0.25, -0.2) is 4.79 Å². The molecule has 8 heteroatoms. The van der Waals surface area contributed by atoms with Crippen LogP contribution in [-0.2, 0) is 4.74 Å². The van der Waals surface area contributed by atoms with Crippen molar-refractivity contribution >= 4 is 6.09 Å². The predicted octanol–water partition coefficient (Wildman–Crippen LogP) is 3.91. The molecule has 0 aromatic heterocycles. The average molecular weight is 349 g/mol. The van der Waals surface area contributed by atoms with Gasteiger partial charge in [0.25, 0.3) is 0 Å². The molecule has 1 aromatic rings. The summed E-state index contributed by atoms with van der Waals surface area (Å²) < 4.78 is 45.4. The molecule has 0 aliphatic heterocycles. The fraction of sp³-hybridized carbons (Fsp3) is 0.562. The highest BCUT2D eigenvalue weighted by molar-refractivity contribution is 5.65. The minimum Gasteiger partial charge on any atom is -0.438 e. The van der Waals surface area contributed by atoms with E-state index < -0.39 is 29.9 Å². The zero-order valence-electron chi connectivity index (χ0n) is 14.0. The van der Waals surface area contributed by atoms with Gasteiger partial charge in [-0.2, -0.15) is 0 Å². The van der Waals surface area contributed by atoms with Gasteiger partial charge in [-0.3, -0.25) is 0 Å². The Morgan fingerprint density at radius 3 is 2.04 bits per heavy atom. The van der Waals surface area contributed by atoms with E-state index in [1.165, 1.54) is 19.1 Å². The lowest BCUT2D eigenvalue weighted by molar-refractivity contribution is -0.274. The molecule has 1 aromatic carbocycles. The number of hydrogen-bond acceptors (Lipinski definition) is 4. The average Bonchev–Trinajstić information content (AvgIpc) is 2.32. The van der Waals surface area contributed by atoms with Crippen LogP contribution in [0.3, 0.4) is 0 Å². The maximum Gasteiger partial charge on any atom is 0.573 e. The van der Waals surface area contributed by atoms with Gasteiger partial charge in [0.1, 0.15) is 11.4 Å². The Balaban J connectivity index is 3.10. The molecule has 2 atom stereocenters. The van der Waals surface area contributed by atoms with Crippen molar-refractivity contribution in [3.05, 3.63) is 29.8 Å². The number of nitrogens with two attached hydrogens (primary N) is 1. The molecule has 0 saturated carbocycles. The maximum atomic E-state index is 12.2. The highest BCUT2D eigenvalue weighted by Crippen LogP contribution is 2.39. The minimum atomic E-state index is -4.80. The first-order valence-electron chi connectivity index (χ1n) is 7.24. The van der Waals surface area contributed by atoms with Crippen molar-refractivity contribution in [1.82, 2.24) is 0 Å². The molecule has 136 valence electrons. The molecule has 0 fully saturated rings. The van der Waals surface area contributed by atoms with Gasteiger partial charge in [-0.05, 0) is 36.5 Å². The molecular formula is C16H22F3NO4. The van der Waals surface area contributed by atoms with Gasteiger partial charge >= 0.3 is 12.5 Å². The molecule has 1 rings (SSSR count). The van der Waals surface area contributed by atoms with Gasteiger partial charge in [0.05, 0.1) is 0 Å². The van der Waals surface area contributed by atoms with E-state index in [1.807, 2.05) is 20.8 Å². The second kappa shape index (κ2) is 6.88. The second-order valence-corrected chi connectivity index (χ2v) is 7.03. The molecule has 0 spiro atoms. The second-order valence-electron chi connectivity index (χ2n) is 7.03. The van der Waals surface area contributed by atoms with Crippen LogP contribution in [0.25, 0.3) is 0 Å². The van der Waals surface area contributed by atoms with E-state index in [2.05, 4.69) is 4.74 Å². The summed E-state index contributed by atoms with van der Waals surface area (Å²) in [6, 6.07) is 4.72. The molecule has 0 radical (unpaired) electrons. The topological polar surface area (TPSA) is 81.8 Å². The number of rotatable bonds is 5. The Hall–Kier alpha value is -1.96. The smallest absolute Gasteiger partial charge is 0.438 e. The van der Waals surface area contributed by atoms with Crippen LogP contribution in [0.1, 0.15) is 45.8 Å². The van der Waals surface area contributed by atoms with Crippen molar-refractivity contribution in [2.45, 2.75) is 52.2 Å². The van der Waals surface area contributed by atoms with Crippen LogP contribution < -0.4 is 10.5 Å². The first-order valence-corrected chi connectivity index (χ1v) is 7.24. The lowest BCUT2D eigenvalue weighted by Gasteiger charge is -2.37. The van der Waals surface area contributed by atoms with Gasteiger partial charge in [-0.15, -0.1) is 13.2 Å². The SMILES string of the molecule is CC(C)(C)CC(C)(O)C(OC(N)=O)c1ccc(OC(F)(F)F)cc1. The first kappa shape index (κ1) is 20.1. The van der Waals surface area contributed by atoms with Crippen LogP contribution >= 0.6 is 0 Å².